The molecule has 1 aliphatic rings. The Labute approximate surface area is 114 Å². The molecule has 100 valence electrons. The van der Waals surface area contributed by atoms with E-state index in [1.807, 2.05) is 25.1 Å². The van der Waals surface area contributed by atoms with Gasteiger partial charge in [0.1, 0.15) is 6.07 Å². The maximum atomic E-state index is 12.7. The lowest BCUT2D eigenvalue weighted by molar-refractivity contribution is -0.124. The number of nitrogens with zero attached hydrogens (tertiary/aromatic N) is 2. The molecule has 0 bridgehead atoms. The second-order valence-electron chi connectivity index (χ2n) is 4.96. The second kappa shape index (κ2) is 5.41. The predicted molar refractivity (Wildman–Crippen MR) is 74.8 cm³/mol. The van der Waals surface area contributed by atoms with Crippen LogP contribution in [-0.2, 0) is 4.79 Å². The molecule has 0 saturated carbocycles. The van der Waals surface area contributed by atoms with Gasteiger partial charge in [-0.1, -0.05) is 19.1 Å². The minimum absolute atomic E-state index is 0.0511. The van der Waals surface area contributed by atoms with E-state index >= 15 is 0 Å². The highest BCUT2D eigenvalue weighted by Gasteiger charge is 2.41. The summed E-state index contributed by atoms with van der Waals surface area (Å²) in [4.78, 5) is 14.3. The van der Waals surface area contributed by atoms with Gasteiger partial charge in [-0.3, -0.25) is 4.79 Å². The fourth-order valence-electron chi connectivity index (χ4n) is 2.73. The molecule has 1 unspecified atom stereocenters. The number of rotatable bonds is 3. The highest BCUT2D eigenvalue weighted by Crippen LogP contribution is 2.28. The number of para-hydroxylation sites is 1. The smallest absolute Gasteiger partial charge is 0.247 e. The quantitative estimate of drug-likeness (QED) is 0.901. The summed E-state index contributed by atoms with van der Waals surface area (Å²) in [7, 11) is 1.75. The lowest BCUT2D eigenvalue weighted by atomic mass is 9.92. The molecule has 1 aromatic carbocycles. The van der Waals surface area contributed by atoms with Crippen molar-refractivity contribution in [2.45, 2.75) is 31.7 Å². The summed E-state index contributed by atoms with van der Waals surface area (Å²) >= 11 is 0. The van der Waals surface area contributed by atoms with E-state index in [9.17, 15) is 4.79 Å². The van der Waals surface area contributed by atoms with Crippen molar-refractivity contribution < 1.29 is 4.79 Å². The zero-order valence-corrected chi connectivity index (χ0v) is 11.4. The van der Waals surface area contributed by atoms with Gasteiger partial charge >= 0.3 is 0 Å². The number of hydrogen-bond donors (Lipinski definition) is 1. The molecule has 1 aliphatic heterocycles. The van der Waals surface area contributed by atoms with E-state index < -0.39 is 5.54 Å². The molecule has 0 radical (unpaired) electrons. The molecule has 1 N–H and O–H groups in total. The number of carbonyl (C=O) groups excluding carboxylic acids is 1. The summed E-state index contributed by atoms with van der Waals surface area (Å²) in [5, 5.41) is 12.5. The molecular formula is C15H19N3O. The summed E-state index contributed by atoms with van der Waals surface area (Å²) in [6.45, 7) is 2.91. The zero-order valence-electron chi connectivity index (χ0n) is 11.4. The monoisotopic (exact) mass is 257 g/mol. The Morgan fingerprint density at radius 3 is 2.84 bits per heavy atom. The van der Waals surface area contributed by atoms with Gasteiger partial charge < -0.3 is 10.2 Å². The molecule has 1 saturated heterocycles. The molecule has 2 rings (SSSR count). The van der Waals surface area contributed by atoms with E-state index in [1.165, 1.54) is 0 Å². The van der Waals surface area contributed by atoms with Gasteiger partial charge in [0.15, 0.2) is 0 Å². The van der Waals surface area contributed by atoms with Crippen LogP contribution in [0.4, 0.5) is 5.69 Å². The Hall–Kier alpha value is -1.86. The predicted octanol–water partition coefficient (Wildman–Crippen LogP) is 2.05. The van der Waals surface area contributed by atoms with Crippen LogP contribution in [0.25, 0.3) is 0 Å². The summed E-state index contributed by atoms with van der Waals surface area (Å²) in [6.07, 6.45) is 2.65. The third-order valence-electron chi connectivity index (χ3n) is 3.95. The van der Waals surface area contributed by atoms with Crippen molar-refractivity contribution in [2.24, 2.45) is 0 Å². The van der Waals surface area contributed by atoms with Gasteiger partial charge in [-0.25, -0.2) is 0 Å². The first-order chi connectivity index (χ1) is 9.14. The standard InChI is InChI=1S/C15H19N3O/c1-3-15(9-6-10-17-15)14(19)18(2)13-8-5-4-7-12(13)11-16/h4-5,7-8,17H,3,6,9-10H2,1-2H3. The number of hydrogen-bond acceptors (Lipinski definition) is 3. The average molecular weight is 257 g/mol. The largest absolute Gasteiger partial charge is 0.313 e. The van der Waals surface area contributed by atoms with E-state index in [0.717, 1.165) is 25.8 Å². The van der Waals surface area contributed by atoms with Crippen LogP contribution >= 0.6 is 0 Å². The Bertz CT molecular complexity index is 512. The van der Waals surface area contributed by atoms with E-state index in [-0.39, 0.29) is 5.91 Å². The van der Waals surface area contributed by atoms with Crippen molar-refractivity contribution in [1.29, 1.82) is 5.26 Å². The Morgan fingerprint density at radius 2 is 2.26 bits per heavy atom. The lowest BCUT2D eigenvalue weighted by Gasteiger charge is -2.32. The summed E-state index contributed by atoms with van der Waals surface area (Å²) in [5.74, 6) is 0.0511. The molecule has 0 aliphatic carbocycles. The Balaban J connectivity index is 2.31. The van der Waals surface area contributed by atoms with Crippen molar-refractivity contribution in [3.8, 4) is 6.07 Å². The molecule has 1 amide bonds. The Kier molecular flexibility index (Phi) is 3.87. The molecular weight excluding hydrogens is 238 g/mol. The van der Waals surface area contributed by atoms with Crippen LogP contribution in [0, 0.1) is 11.3 Å². The van der Waals surface area contributed by atoms with E-state index in [0.29, 0.717) is 11.3 Å². The van der Waals surface area contributed by atoms with Gasteiger partial charge in [-0.05, 0) is 37.9 Å². The minimum Gasteiger partial charge on any atom is -0.313 e. The van der Waals surface area contributed by atoms with Crippen LogP contribution in [-0.4, -0.2) is 25.0 Å². The SMILES string of the molecule is CCC1(C(=O)N(C)c2ccccc2C#N)CCCN1. The molecule has 1 heterocycles. The fourth-order valence-corrected chi connectivity index (χ4v) is 2.73. The zero-order chi connectivity index (χ0) is 13.9. The van der Waals surface area contributed by atoms with Crippen LogP contribution < -0.4 is 10.2 Å². The first-order valence-electron chi connectivity index (χ1n) is 6.67. The van der Waals surface area contributed by atoms with Crippen LogP contribution in [0.15, 0.2) is 24.3 Å². The highest BCUT2D eigenvalue weighted by molar-refractivity contribution is 6.00. The first kappa shape index (κ1) is 13.6. The van der Waals surface area contributed by atoms with Crippen molar-refractivity contribution in [3.63, 3.8) is 0 Å². The Morgan fingerprint density at radius 1 is 1.53 bits per heavy atom. The molecule has 1 aromatic rings. The molecule has 4 heteroatoms. The fraction of sp³-hybridized carbons (Fsp3) is 0.467. The molecule has 0 spiro atoms. The maximum Gasteiger partial charge on any atom is 0.247 e. The maximum absolute atomic E-state index is 12.7. The second-order valence-corrected chi connectivity index (χ2v) is 4.96. The van der Waals surface area contributed by atoms with Crippen LogP contribution in [0.1, 0.15) is 31.7 Å². The third kappa shape index (κ3) is 2.34. The van der Waals surface area contributed by atoms with E-state index in [1.54, 1.807) is 18.0 Å². The summed E-state index contributed by atoms with van der Waals surface area (Å²) in [6, 6.07) is 9.35. The van der Waals surface area contributed by atoms with Gasteiger partial charge in [0.05, 0.1) is 16.8 Å². The van der Waals surface area contributed by atoms with Gasteiger partial charge in [-0.15, -0.1) is 0 Å². The van der Waals surface area contributed by atoms with Crippen LogP contribution in [0.5, 0.6) is 0 Å². The van der Waals surface area contributed by atoms with E-state index in [4.69, 9.17) is 5.26 Å². The minimum atomic E-state index is -0.461. The first-order valence-corrected chi connectivity index (χ1v) is 6.67. The van der Waals surface area contributed by atoms with Gasteiger partial charge in [0.2, 0.25) is 5.91 Å². The number of nitriles is 1. The molecule has 1 atom stereocenters. The highest BCUT2D eigenvalue weighted by atomic mass is 16.2. The molecule has 1 fully saturated rings. The molecule has 0 aromatic heterocycles. The van der Waals surface area contributed by atoms with Crippen molar-refractivity contribution >= 4 is 11.6 Å². The molecule has 19 heavy (non-hydrogen) atoms. The van der Waals surface area contributed by atoms with Crippen molar-refractivity contribution in [2.75, 3.05) is 18.5 Å². The summed E-state index contributed by atoms with van der Waals surface area (Å²) in [5.41, 5.74) is 0.747. The van der Waals surface area contributed by atoms with E-state index in [2.05, 4.69) is 11.4 Å². The number of nitrogens with one attached hydrogen (secondary N) is 1. The van der Waals surface area contributed by atoms with Gasteiger partial charge in [0, 0.05) is 7.05 Å². The number of carbonyl (C=O) groups is 1. The van der Waals surface area contributed by atoms with Crippen LogP contribution in [0.2, 0.25) is 0 Å². The number of anilines is 1. The van der Waals surface area contributed by atoms with Crippen molar-refractivity contribution in [1.82, 2.24) is 5.32 Å². The van der Waals surface area contributed by atoms with Gasteiger partial charge in [-0.2, -0.15) is 5.26 Å². The number of benzene rings is 1. The lowest BCUT2D eigenvalue weighted by Crippen LogP contribution is -2.53. The van der Waals surface area contributed by atoms with Gasteiger partial charge in [0.25, 0.3) is 0 Å². The average Bonchev–Trinajstić information content (AvgIpc) is 2.95. The number of amides is 1. The third-order valence-corrected chi connectivity index (χ3v) is 3.95. The topological polar surface area (TPSA) is 56.1 Å². The van der Waals surface area contributed by atoms with Crippen molar-refractivity contribution in [3.05, 3.63) is 29.8 Å². The number of likely N-dealkylation sites (N-methyl/N-ethyl adjacent to an activating group) is 1. The molecule has 4 nitrogen and oxygen atoms in total. The normalized spacial score (nSPS) is 21.9. The summed E-state index contributed by atoms with van der Waals surface area (Å²) < 4.78 is 0. The van der Waals surface area contributed by atoms with Crippen LogP contribution in [0.3, 0.4) is 0 Å².